The second kappa shape index (κ2) is 6.21. The van der Waals surface area contributed by atoms with E-state index in [-0.39, 0.29) is 16.8 Å². The highest BCUT2D eigenvalue weighted by Crippen LogP contribution is 2.13. The van der Waals surface area contributed by atoms with Crippen LogP contribution < -0.4 is 10.5 Å². The first kappa shape index (κ1) is 15.7. The van der Waals surface area contributed by atoms with Crippen molar-refractivity contribution < 1.29 is 13.2 Å². The molecule has 0 spiro atoms. The number of hydrogen-bond donors (Lipinski definition) is 2. The van der Waals surface area contributed by atoms with E-state index in [1.807, 2.05) is 20.8 Å². The highest BCUT2D eigenvalue weighted by molar-refractivity contribution is 7.89. The lowest BCUT2D eigenvalue weighted by Gasteiger charge is -2.13. The third-order valence-electron chi connectivity index (χ3n) is 2.87. The maximum Gasteiger partial charge on any atom is 0.268 e. The van der Waals surface area contributed by atoms with Gasteiger partial charge in [0.1, 0.15) is 10.6 Å². The van der Waals surface area contributed by atoms with Gasteiger partial charge in [-0.2, -0.15) is 0 Å². The van der Waals surface area contributed by atoms with Crippen LogP contribution in [0, 0.1) is 0 Å². The molecule has 6 nitrogen and oxygen atoms in total. The monoisotopic (exact) mass is 287 g/mol. The summed E-state index contributed by atoms with van der Waals surface area (Å²) in [6.07, 6.45) is 3.23. The number of nitrogens with two attached hydrogens (primary N) is 1. The number of primary sulfonamides is 1. The van der Waals surface area contributed by atoms with Crippen LogP contribution in [0.5, 0.6) is 0 Å². The van der Waals surface area contributed by atoms with Gasteiger partial charge < -0.3 is 9.88 Å². The first-order valence-electron chi connectivity index (χ1n) is 6.33. The van der Waals surface area contributed by atoms with Crippen LogP contribution in [0.4, 0.5) is 0 Å². The summed E-state index contributed by atoms with van der Waals surface area (Å²) >= 11 is 0. The zero-order valence-corrected chi connectivity index (χ0v) is 12.3. The first-order chi connectivity index (χ1) is 8.79. The van der Waals surface area contributed by atoms with E-state index in [0.717, 1.165) is 12.8 Å². The number of nitrogens with one attached hydrogen (secondary N) is 1. The van der Waals surface area contributed by atoms with E-state index in [0.29, 0.717) is 12.2 Å². The summed E-state index contributed by atoms with van der Waals surface area (Å²) in [5.41, 5.74) is 0.314. The van der Waals surface area contributed by atoms with Gasteiger partial charge in [0.25, 0.3) is 5.91 Å². The van der Waals surface area contributed by atoms with Crippen LogP contribution >= 0.6 is 0 Å². The summed E-state index contributed by atoms with van der Waals surface area (Å²) in [6, 6.07) is 1.36. The van der Waals surface area contributed by atoms with E-state index in [1.165, 1.54) is 12.3 Å². The molecule has 1 rings (SSSR count). The molecular formula is C12H21N3O3S. The fourth-order valence-corrected chi connectivity index (χ4v) is 2.44. The molecule has 108 valence electrons. The van der Waals surface area contributed by atoms with Crippen LogP contribution in [-0.2, 0) is 16.6 Å². The Morgan fingerprint density at radius 3 is 2.58 bits per heavy atom. The lowest BCUT2D eigenvalue weighted by Crippen LogP contribution is -2.33. The van der Waals surface area contributed by atoms with Gasteiger partial charge in [0.15, 0.2) is 0 Å². The Morgan fingerprint density at radius 1 is 1.47 bits per heavy atom. The molecule has 0 radical (unpaired) electrons. The molecule has 0 aliphatic rings. The van der Waals surface area contributed by atoms with Gasteiger partial charge in [0.2, 0.25) is 10.0 Å². The van der Waals surface area contributed by atoms with Gasteiger partial charge in [0, 0.05) is 18.8 Å². The molecule has 0 aliphatic heterocycles. The standard InChI is InChI=1S/C12H21N3O3S/c1-4-6-9(3)14-12(16)11-7-10(19(13,17)18)8-15(11)5-2/h7-9H,4-6H2,1-3H3,(H,14,16)(H2,13,17,18). The number of sulfonamides is 1. The van der Waals surface area contributed by atoms with Crippen LogP contribution in [0.25, 0.3) is 0 Å². The van der Waals surface area contributed by atoms with E-state index in [9.17, 15) is 13.2 Å². The van der Waals surface area contributed by atoms with Crippen molar-refractivity contribution in [2.24, 2.45) is 5.14 Å². The van der Waals surface area contributed by atoms with E-state index in [1.54, 1.807) is 4.57 Å². The van der Waals surface area contributed by atoms with Gasteiger partial charge in [-0.05, 0) is 26.3 Å². The Bertz CT molecular complexity index is 549. The Balaban J connectivity index is 2.99. The molecular weight excluding hydrogens is 266 g/mol. The number of rotatable bonds is 6. The second-order valence-corrected chi connectivity index (χ2v) is 6.12. The molecule has 1 heterocycles. The lowest BCUT2D eigenvalue weighted by molar-refractivity contribution is 0.0929. The van der Waals surface area contributed by atoms with Crippen LogP contribution in [-0.4, -0.2) is 24.9 Å². The quantitative estimate of drug-likeness (QED) is 0.819. The summed E-state index contributed by atoms with van der Waals surface area (Å²) in [5.74, 6) is -0.280. The Labute approximate surface area is 114 Å². The first-order valence-corrected chi connectivity index (χ1v) is 7.88. The minimum atomic E-state index is -3.79. The number of amides is 1. The minimum absolute atomic E-state index is 0.0392. The minimum Gasteiger partial charge on any atom is -0.348 e. The van der Waals surface area contributed by atoms with E-state index >= 15 is 0 Å². The number of aryl methyl sites for hydroxylation is 1. The smallest absolute Gasteiger partial charge is 0.268 e. The molecule has 1 aromatic heterocycles. The third kappa shape index (κ3) is 4.07. The molecule has 0 aliphatic carbocycles. The van der Waals surface area contributed by atoms with Crippen molar-refractivity contribution in [1.82, 2.24) is 9.88 Å². The van der Waals surface area contributed by atoms with Crippen molar-refractivity contribution in [2.45, 2.75) is 51.1 Å². The maximum absolute atomic E-state index is 12.1. The highest BCUT2D eigenvalue weighted by Gasteiger charge is 2.19. The Morgan fingerprint density at radius 2 is 2.11 bits per heavy atom. The maximum atomic E-state index is 12.1. The Hall–Kier alpha value is -1.34. The van der Waals surface area contributed by atoms with Gasteiger partial charge in [-0.15, -0.1) is 0 Å². The van der Waals surface area contributed by atoms with Gasteiger partial charge in [-0.25, -0.2) is 13.6 Å². The van der Waals surface area contributed by atoms with E-state index in [4.69, 9.17) is 5.14 Å². The highest BCUT2D eigenvalue weighted by atomic mass is 32.2. The predicted octanol–water partition coefficient (Wildman–Crippen LogP) is 1.07. The second-order valence-electron chi connectivity index (χ2n) is 4.56. The van der Waals surface area contributed by atoms with Gasteiger partial charge >= 0.3 is 0 Å². The van der Waals surface area contributed by atoms with Crippen LogP contribution in [0.3, 0.4) is 0 Å². The Kier molecular flexibility index (Phi) is 5.13. The molecule has 1 atom stereocenters. The van der Waals surface area contributed by atoms with Gasteiger partial charge in [-0.3, -0.25) is 4.79 Å². The number of nitrogens with zero attached hydrogens (tertiary/aromatic N) is 1. The lowest BCUT2D eigenvalue weighted by atomic mass is 10.2. The van der Waals surface area contributed by atoms with Gasteiger partial charge in [0.05, 0.1) is 0 Å². The zero-order valence-electron chi connectivity index (χ0n) is 11.5. The van der Waals surface area contributed by atoms with Crippen molar-refractivity contribution in [3.8, 4) is 0 Å². The van der Waals surface area contributed by atoms with Crippen molar-refractivity contribution in [3.63, 3.8) is 0 Å². The molecule has 7 heteroatoms. The van der Waals surface area contributed by atoms with Gasteiger partial charge in [-0.1, -0.05) is 13.3 Å². The largest absolute Gasteiger partial charge is 0.348 e. The van der Waals surface area contributed by atoms with Crippen LogP contribution in [0.1, 0.15) is 44.1 Å². The molecule has 3 N–H and O–H groups in total. The summed E-state index contributed by atoms with van der Waals surface area (Å²) in [6.45, 7) is 6.29. The molecule has 1 unspecified atom stereocenters. The van der Waals surface area contributed by atoms with Crippen LogP contribution in [0.15, 0.2) is 17.2 Å². The molecule has 0 saturated carbocycles. The average molecular weight is 287 g/mol. The number of carbonyl (C=O) groups is 1. The molecule has 0 aromatic carbocycles. The fourth-order valence-electron chi connectivity index (χ4n) is 1.89. The molecule has 0 saturated heterocycles. The molecule has 0 bridgehead atoms. The topological polar surface area (TPSA) is 94.2 Å². The number of aromatic nitrogens is 1. The summed E-state index contributed by atoms with van der Waals surface area (Å²) in [5, 5.41) is 7.91. The SMILES string of the molecule is CCCC(C)NC(=O)c1cc(S(N)(=O)=O)cn1CC. The molecule has 1 amide bonds. The van der Waals surface area contributed by atoms with E-state index in [2.05, 4.69) is 5.32 Å². The number of carbonyl (C=O) groups excluding carboxylic acids is 1. The fraction of sp³-hybridized carbons (Fsp3) is 0.583. The summed E-state index contributed by atoms with van der Waals surface area (Å²) < 4.78 is 24.2. The molecule has 0 fully saturated rings. The molecule has 1 aromatic rings. The normalized spacial score (nSPS) is 13.3. The average Bonchev–Trinajstić information content (AvgIpc) is 2.72. The van der Waals surface area contributed by atoms with Crippen molar-refractivity contribution in [1.29, 1.82) is 0 Å². The van der Waals surface area contributed by atoms with Crippen molar-refractivity contribution >= 4 is 15.9 Å². The van der Waals surface area contributed by atoms with E-state index < -0.39 is 10.0 Å². The third-order valence-corrected chi connectivity index (χ3v) is 3.75. The van der Waals surface area contributed by atoms with Crippen molar-refractivity contribution in [2.75, 3.05) is 0 Å². The summed E-state index contributed by atoms with van der Waals surface area (Å²) in [7, 11) is -3.79. The number of hydrogen-bond acceptors (Lipinski definition) is 3. The summed E-state index contributed by atoms with van der Waals surface area (Å²) in [4.78, 5) is 12.0. The van der Waals surface area contributed by atoms with Crippen molar-refractivity contribution in [3.05, 3.63) is 18.0 Å². The van der Waals surface area contributed by atoms with Crippen LogP contribution in [0.2, 0.25) is 0 Å². The zero-order chi connectivity index (χ0) is 14.6. The molecule has 19 heavy (non-hydrogen) atoms. The predicted molar refractivity (Wildman–Crippen MR) is 73.3 cm³/mol.